The van der Waals surface area contributed by atoms with Crippen LogP contribution in [0.15, 0.2) is 47.2 Å². The standard InChI is InChI=1S/C21H26O4/c1-4-23-12-17(13-24-21-15(3)14(2)20(22)25-21)19-11-7-9-16-8-5-6-10-18(16)19/h5-6,8,10,13,19,21H,4,7,9,11-12H2,1-3H3/b17-13-. The fourth-order valence-electron chi connectivity index (χ4n) is 3.47. The van der Waals surface area contributed by atoms with Gasteiger partial charge >= 0.3 is 5.97 Å². The molecule has 1 heterocycles. The number of carbonyl (C=O) groups is 1. The summed E-state index contributed by atoms with van der Waals surface area (Å²) in [5.74, 6) is -0.00995. The van der Waals surface area contributed by atoms with Crippen LogP contribution in [0.25, 0.3) is 0 Å². The lowest BCUT2D eigenvalue weighted by molar-refractivity contribution is -0.153. The first-order valence-electron chi connectivity index (χ1n) is 9.00. The summed E-state index contributed by atoms with van der Waals surface area (Å²) >= 11 is 0. The zero-order valence-corrected chi connectivity index (χ0v) is 15.2. The molecule has 0 aromatic heterocycles. The third-order valence-corrected chi connectivity index (χ3v) is 5.10. The van der Waals surface area contributed by atoms with Crippen molar-refractivity contribution in [2.24, 2.45) is 0 Å². The lowest BCUT2D eigenvalue weighted by Crippen LogP contribution is -2.17. The Bertz CT molecular complexity index is 702. The molecular weight excluding hydrogens is 316 g/mol. The predicted octanol–water partition coefficient (Wildman–Crippen LogP) is 4.26. The molecule has 4 heteroatoms. The number of fused-ring (bicyclic) bond motifs is 1. The van der Waals surface area contributed by atoms with Crippen molar-refractivity contribution in [3.8, 4) is 0 Å². The monoisotopic (exact) mass is 342 g/mol. The summed E-state index contributed by atoms with van der Waals surface area (Å²) in [5, 5.41) is 0. The molecule has 1 aromatic rings. The van der Waals surface area contributed by atoms with Gasteiger partial charge in [0.25, 0.3) is 6.29 Å². The molecule has 0 amide bonds. The first kappa shape index (κ1) is 17.7. The zero-order valence-electron chi connectivity index (χ0n) is 15.2. The van der Waals surface area contributed by atoms with E-state index in [1.165, 1.54) is 11.1 Å². The average molecular weight is 342 g/mol. The third kappa shape index (κ3) is 3.79. The van der Waals surface area contributed by atoms with E-state index in [1.54, 1.807) is 13.2 Å². The van der Waals surface area contributed by atoms with Gasteiger partial charge in [-0.05, 0) is 56.7 Å². The Morgan fingerprint density at radius 3 is 2.84 bits per heavy atom. The van der Waals surface area contributed by atoms with Gasteiger partial charge in [-0.1, -0.05) is 24.3 Å². The highest BCUT2D eigenvalue weighted by atomic mass is 16.7. The van der Waals surface area contributed by atoms with E-state index in [-0.39, 0.29) is 5.97 Å². The van der Waals surface area contributed by atoms with Crippen molar-refractivity contribution in [3.63, 3.8) is 0 Å². The Labute approximate surface area is 149 Å². The molecule has 2 aliphatic rings. The summed E-state index contributed by atoms with van der Waals surface area (Å²) in [5.41, 5.74) is 5.33. The number of ether oxygens (including phenoxy) is 3. The van der Waals surface area contributed by atoms with Crippen molar-refractivity contribution in [1.29, 1.82) is 0 Å². The lowest BCUT2D eigenvalue weighted by atomic mass is 9.79. The summed E-state index contributed by atoms with van der Waals surface area (Å²) in [6.07, 6.45) is 4.49. The predicted molar refractivity (Wildman–Crippen MR) is 96.0 cm³/mol. The molecular formula is C21H26O4. The maximum atomic E-state index is 11.7. The van der Waals surface area contributed by atoms with E-state index in [0.717, 1.165) is 30.4 Å². The van der Waals surface area contributed by atoms with E-state index >= 15 is 0 Å². The van der Waals surface area contributed by atoms with Gasteiger partial charge in [-0.15, -0.1) is 0 Å². The number of hydrogen-bond donors (Lipinski definition) is 0. The van der Waals surface area contributed by atoms with E-state index in [0.29, 0.717) is 24.7 Å². The van der Waals surface area contributed by atoms with Gasteiger partial charge in [0.2, 0.25) is 0 Å². The summed E-state index contributed by atoms with van der Waals surface area (Å²) in [6.45, 7) is 6.81. The minimum absolute atomic E-state index is 0.291. The van der Waals surface area contributed by atoms with Crippen LogP contribution in [0.3, 0.4) is 0 Å². The lowest BCUT2D eigenvalue weighted by Gasteiger charge is -2.28. The number of benzene rings is 1. The molecule has 2 unspecified atom stereocenters. The molecule has 0 saturated heterocycles. The topological polar surface area (TPSA) is 44.8 Å². The summed E-state index contributed by atoms with van der Waals surface area (Å²) in [4.78, 5) is 11.7. The maximum absolute atomic E-state index is 11.7. The molecule has 0 fully saturated rings. The second-order valence-corrected chi connectivity index (χ2v) is 6.65. The van der Waals surface area contributed by atoms with Crippen molar-refractivity contribution in [3.05, 3.63) is 58.4 Å². The van der Waals surface area contributed by atoms with Gasteiger partial charge in [0, 0.05) is 23.7 Å². The Kier molecular flexibility index (Phi) is 5.59. The van der Waals surface area contributed by atoms with Crippen molar-refractivity contribution >= 4 is 5.97 Å². The van der Waals surface area contributed by atoms with Crippen molar-refractivity contribution in [2.45, 2.75) is 52.2 Å². The summed E-state index contributed by atoms with van der Waals surface area (Å²) in [6, 6.07) is 8.59. The van der Waals surface area contributed by atoms with Crippen LogP contribution in [0.4, 0.5) is 0 Å². The molecule has 25 heavy (non-hydrogen) atoms. The summed E-state index contributed by atoms with van der Waals surface area (Å²) in [7, 11) is 0. The number of rotatable bonds is 6. The van der Waals surface area contributed by atoms with Crippen LogP contribution in [-0.2, 0) is 25.4 Å². The minimum atomic E-state index is -0.622. The van der Waals surface area contributed by atoms with Crippen LogP contribution in [0.5, 0.6) is 0 Å². The molecule has 3 rings (SSSR count). The van der Waals surface area contributed by atoms with E-state index in [9.17, 15) is 4.79 Å². The van der Waals surface area contributed by atoms with Gasteiger partial charge in [-0.25, -0.2) is 4.79 Å². The van der Waals surface area contributed by atoms with Crippen LogP contribution < -0.4 is 0 Å². The average Bonchev–Trinajstić information content (AvgIpc) is 2.88. The van der Waals surface area contributed by atoms with Gasteiger partial charge in [-0.3, -0.25) is 0 Å². The molecule has 0 N–H and O–H groups in total. The summed E-state index contributed by atoms with van der Waals surface area (Å²) < 4.78 is 16.8. The molecule has 4 nitrogen and oxygen atoms in total. The Balaban J connectivity index is 1.82. The van der Waals surface area contributed by atoms with Crippen molar-refractivity contribution < 1.29 is 19.0 Å². The van der Waals surface area contributed by atoms with Crippen molar-refractivity contribution in [2.75, 3.05) is 13.2 Å². The normalized spacial score (nSPS) is 23.5. The third-order valence-electron chi connectivity index (χ3n) is 5.10. The van der Waals surface area contributed by atoms with Crippen molar-refractivity contribution in [1.82, 2.24) is 0 Å². The highest BCUT2D eigenvalue weighted by molar-refractivity contribution is 5.91. The number of carbonyl (C=O) groups excluding carboxylic acids is 1. The van der Waals surface area contributed by atoms with Crippen LogP contribution in [-0.4, -0.2) is 25.5 Å². The molecule has 1 aliphatic carbocycles. The molecule has 0 radical (unpaired) electrons. The largest absolute Gasteiger partial charge is 0.458 e. The molecule has 1 aliphatic heterocycles. The molecule has 0 saturated carbocycles. The van der Waals surface area contributed by atoms with Crippen LogP contribution in [0, 0.1) is 0 Å². The van der Waals surface area contributed by atoms with Gasteiger partial charge < -0.3 is 14.2 Å². The second-order valence-electron chi connectivity index (χ2n) is 6.65. The van der Waals surface area contributed by atoms with Crippen LogP contribution in [0.1, 0.15) is 50.7 Å². The van der Waals surface area contributed by atoms with E-state index in [1.807, 2.05) is 13.8 Å². The van der Waals surface area contributed by atoms with Gasteiger partial charge in [-0.2, -0.15) is 0 Å². The van der Waals surface area contributed by atoms with Crippen LogP contribution >= 0.6 is 0 Å². The minimum Gasteiger partial charge on any atom is -0.458 e. The number of aryl methyl sites for hydroxylation is 1. The Morgan fingerprint density at radius 1 is 1.32 bits per heavy atom. The number of esters is 1. The molecule has 0 spiro atoms. The SMILES string of the molecule is CCOC/C(=C/OC1OC(=O)C(C)=C1C)C1CCCc2ccccc21. The van der Waals surface area contributed by atoms with Crippen LogP contribution in [0.2, 0.25) is 0 Å². The fraction of sp³-hybridized carbons (Fsp3) is 0.476. The van der Waals surface area contributed by atoms with Gasteiger partial charge in [0.05, 0.1) is 12.9 Å². The molecule has 0 bridgehead atoms. The molecule has 134 valence electrons. The van der Waals surface area contributed by atoms with E-state index in [2.05, 4.69) is 24.3 Å². The Hall–Kier alpha value is -2.07. The quantitative estimate of drug-likeness (QED) is 0.572. The van der Waals surface area contributed by atoms with Gasteiger partial charge in [0.15, 0.2) is 0 Å². The number of hydrogen-bond acceptors (Lipinski definition) is 4. The smallest absolute Gasteiger partial charge is 0.337 e. The van der Waals surface area contributed by atoms with Gasteiger partial charge in [0.1, 0.15) is 0 Å². The highest BCUT2D eigenvalue weighted by Gasteiger charge is 2.30. The maximum Gasteiger partial charge on any atom is 0.337 e. The number of cyclic esters (lactones) is 1. The molecule has 1 aromatic carbocycles. The zero-order chi connectivity index (χ0) is 17.8. The Morgan fingerprint density at radius 2 is 2.12 bits per heavy atom. The van der Waals surface area contributed by atoms with E-state index in [4.69, 9.17) is 14.2 Å². The molecule has 2 atom stereocenters. The first-order chi connectivity index (χ1) is 12.1. The second kappa shape index (κ2) is 7.87. The van der Waals surface area contributed by atoms with E-state index < -0.39 is 6.29 Å². The highest BCUT2D eigenvalue weighted by Crippen LogP contribution is 2.37. The fourth-order valence-corrected chi connectivity index (χ4v) is 3.47. The first-order valence-corrected chi connectivity index (χ1v) is 9.00.